The van der Waals surface area contributed by atoms with E-state index in [1.54, 1.807) is 24.3 Å². The van der Waals surface area contributed by atoms with E-state index in [2.05, 4.69) is 45.5 Å². The Hall–Kier alpha value is -3.31. The van der Waals surface area contributed by atoms with Gasteiger partial charge < -0.3 is 19.9 Å². The van der Waals surface area contributed by atoms with E-state index in [1.165, 1.54) is 25.2 Å². The van der Waals surface area contributed by atoms with Crippen LogP contribution in [0, 0.1) is 0 Å². The van der Waals surface area contributed by atoms with Crippen molar-refractivity contribution in [1.29, 1.82) is 0 Å². The number of ether oxygens (including phenoxy) is 2. The number of likely N-dealkylation sites (tertiary alicyclic amines) is 1. The predicted molar refractivity (Wildman–Crippen MR) is 134 cm³/mol. The zero-order valence-electron chi connectivity index (χ0n) is 18.9. The van der Waals surface area contributed by atoms with Gasteiger partial charge in [0.2, 0.25) is 11.8 Å². The number of fused-ring (bicyclic) bond motifs is 1. The second-order valence-corrected chi connectivity index (χ2v) is 9.18. The molecule has 1 unspecified atom stereocenters. The maximum absolute atomic E-state index is 12.7. The van der Waals surface area contributed by atoms with Crippen LogP contribution in [-0.4, -0.2) is 50.8 Å². The summed E-state index contributed by atoms with van der Waals surface area (Å²) in [6.07, 6.45) is -0.221. The van der Waals surface area contributed by atoms with Crippen molar-refractivity contribution in [3.05, 3.63) is 65.6 Å². The molecule has 3 aliphatic rings. The van der Waals surface area contributed by atoms with Crippen LogP contribution in [-0.2, 0) is 30.5 Å². The van der Waals surface area contributed by atoms with E-state index in [9.17, 15) is 24.3 Å². The number of esters is 1. The van der Waals surface area contributed by atoms with Crippen molar-refractivity contribution in [2.75, 3.05) is 12.4 Å². The summed E-state index contributed by atoms with van der Waals surface area (Å²) < 4.78 is 10.3. The molecule has 1 atom stereocenters. The molecule has 9 nitrogen and oxygen atoms in total. The monoisotopic (exact) mass is 562 g/mol. The molecule has 0 bridgehead atoms. The van der Waals surface area contributed by atoms with Gasteiger partial charge in [-0.3, -0.25) is 19.3 Å². The number of carbonyl (C=O) groups excluding carboxylic acids is 4. The zero-order chi connectivity index (χ0) is 25.6. The number of carbonyl (C=O) groups is 4. The first-order chi connectivity index (χ1) is 16.7. The lowest BCUT2D eigenvalue weighted by molar-refractivity contribution is -0.157. The average molecular weight is 563 g/mol. The third kappa shape index (κ3) is 6.23. The van der Waals surface area contributed by atoms with Crippen LogP contribution < -0.4 is 10.1 Å². The summed E-state index contributed by atoms with van der Waals surface area (Å²) in [4.78, 5) is 47.0. The Morgan fingerprint density at radius 1 is 1.23 bits per heavy atom. The Balaban J connectivity index is 0.000000485. The molecule has 2 amide bonds. The van der Waals surface area contributed by atoms with Crippen LogP contribution in [0.3, 0.4) is 0 Å². The van der Waals surface area contributed by atoms with Crippen molar-refractivity contribution in [1.82, 2.24) is 10.2 Å². The molecule has 4 rings (SSSR count). The number of amides is 2. The topological polar surface area (TPSA) is 122 Å². The van der Waals surface area contributed by atoms with Crippen LogP contribution in [0.4, 0.5) is 0 Å². The second kappa shape index (κ2) is 11.4. The minimum atomic E-state index is -1.50. The number of allylic oxidation sites excluding steroid dienone is 1. The molecule has 1 aliphatic heterocycles. The number of nitrogens with one attached hydrogen (secondary N) is 1. The fourth-order valence-electron chi connectivity index (χ4n) is 3.37. The lowest BCUT2D eigenvalue weighted by Gasteiger charge is -2.50. The third-order valence-corrected chi connectivity index (χ3v) is 6.52. The van der Waals surface area contributed by atoms with Gasteiger partial charge in [0.15, 0.2) is 16.3 Å². The van der Waals surface area contributed by atoms with Crippen LogP contribution in [0.1, 0.15) is 18.9 Å². The Labute approximate surface area is 214 Å². The number of rotatable bonds is 9. The first kappa shape index (κ1) is 26.3. The number of alkyl halides is 1. The molecule has 0 radical (unpaired) electrons. The van der Waals surface area contributed by atoms with Gasteiger partial charge in [-0.05, 0) is 46.7 Å². The molecule has 0 spiro atoms. The lowest BCUT2D eigenvalue weighted by atomic mass is 10.1. The van der Waals surface area contributed by atoms with E-state index in [-0.39, 0.29) is 18.4 Å². The molecule has 0 aromatic heterocycles. The third-order valence-electron chi connectivity index (χ3n) is 5.07. The summed E-state index contributed by atoms with van der Waals surface area (Å²) in [5.74, 6) is -1.89. The van der Waals surface area contributed by atoms with Gasteiger partial charge >= 0.3 is 5.97 Å². The fourth-order valence-corrected chi connectivity index (χ4v) is 4.51. The highest BCUT2D eigenvalue weighted by Crippen LogP contribution is 2.42. The Morgan fingerprint density at radius 2 is 1.89 bits per heavy atom. The van der Waals surface area contributed by atoms with Gasteiger partial charge in [-0.25, -0.2) is 4.79 Å². The molecule has 2 aliphatic carbocycles. The molecule has 35 heavy (non-hydrogen) atoms. The summed E-state index contributed by atoms with van der Waals surface area (Å²) in [5.41, 5.74) is 3.50. The van der Waals surface area contributed by atoms with Crippen LogP contribution in [0.15, 0.2) is 60.0 Å². The van der Waals surface area contributed by atoms with Gasteiger partial charge in [0.25, 0.3) is 0 Å². The number of halogens is 1. The number of hydrogen-bond donors (Lipinski definition) is 2. The van der Waals surface area contributed by atoms with Gasteiger partial charge in [-0.2, -0.15) is 0 Å². The Morgan fingerprint density at radius 3 is 2.31 bits per heavy atom. The van der Waals surface area contributed by atoms with Crippen molar-refractivity contribution in [2.24, 2.45) is 0 Å². The highest BCUT2D eigenvalue weighted by molar-refractivity contribution is 9.09. The number of aliphatic hydroxyl groups excluding tert-OH is 1. The molecular formula is C24H23BrN2O7S. The Kier molecular flexibility index (Phi) is 8.57. The van der Waals surface area contributed by atoms with Crippen molar-refractivity contribution < 1.29 is 33.8 Å². The van der Waals surface area contributed by atoms with E-state index in [1.807, 2.05) is 0 Å². The van der Waals surface area contributed by atoms with Crippen molar-refractivity contribution in [3.63, 3.8) is 0 Å². The number of thioether (sulfide) groups is 1. The number of β-lactam (4-membered cyclic amide) rings is 1. The minimum Gasteiger partial charge on any atom is -0.509 e. The number of nitrogens with zero attached hydrogens (tertiary/aromatic N) is 1. The number of benzene rings is 2. The van der Waals surface area contributed by atoms with Crippen molar-refractivity contribution in [3.8, 4) is 16.9 Å². The van der Waals surface area contributed by atoms with Crippen LogP contribution in [0.2, 0.25) is 0 Å². The van der Waals surface area contributed by atoms with E-state index < -0.39 is 34.2 Å². The SMILES string of the molecule is COc1ccc(COC(=O)C(=C(O)CBr)N2C(=O)CC2(NC(C)=O)SC=O)cc1.c1cc2cc-2c1. The van der Waals surface area contributed by atoms with E-state index in [0.717, 1.165) is 4.90 Å². The number of aliphatic hydroxyl groups is 1. The van der Waals surface area contributed by atoms with Gasteiger partial charge in [-0.15, -0.1) is 0 Å². The first-order valence-electron chi connectivity index (χ1n) is 10.4. The number of methoxy groups -OCH3 is 1. The lowest BCUT2D eigenvalue weighted by Crippen LogP contribution is -2.70. The molecular weight excluding hydrogens is 540 g/mol. The van der Waals surface area contributed by atoms with Gasteiger partial charge in [-0.1, -0.05) is 46.3 Å². The molecule has 1 saturated heterocycles. The first-order valence-corrected chi connectivity index (χ1v) is 12.4. The predicted octanol–water partition coefficient (Wildman–Crippen LogP) is 3.52. The standard InChI is InChI=1S/C18H19BrN2O7S.C6H4/c1-11(23)20-18(29-10-22)7-15(25)21(18)16(14(24)8-19)17(26)28-9-12-3-5-13(27-2)6-4-12;1-2-5-4-6(5)3-1/h3-6,10,24H,7-9H2,1-2H3,(H,20,23);1-4H. The van der Waals surface area contributed by atoms with Crippen LogP contribution in [0.25, 0.3) is 11.1 Å². The average Bonchev–Trinajstić information content (AvgIpc) is 3.44. The van der Waals surface area contributed by atoms with E-state index >= 15 is 0 Å². The summed E-state index contributed by atoms with van der Waals surface area (Å²) in [5, 5.41) is 12.6. The Bertz CT molecular complexity index is 1150. The molecule has 2 N–H and O–H groups in total. The van der Waals surface area contributed by atoms with Crippen molar-refractivity contribution >= 4 is 51.1 Å². The summed E-state index contributed by atoms with van der Waals surface area (Å²) in [6.45, 7) is 1.09. The molecule has 0 saturated carbocycles. The largest absolute Gasteiger partial charge is 0.509 e. The van der Waals surface area contributed by atoms with Crippen LogP contribution >= 0.6 is 27.7 Å². The fraction of sp³-hybridized carbons (Fsp3) is 0.250. The zero-order valence-corrected chi connectivity index (χ0v) is 21.4. The van der Waals surface area contributed by atoms with Gasteiger partial charge in [0.1, 0.15) is 18.1 Å². The molecule has 184 valence electrons. The summed E-state index contributed by atoms with van der Waals surface area (Å²) in [6, 6.07) is 15.3. The van der Waals surface area contributed by atoms with Gasteiger partial charge in [0, 0.05) is 6.92 Å². The normalized spacial score (nSPS) is 17.7. The molecule has 1 heterocycles. The van der Waals surface area contributed by atoms with E-state index in [0.29, 0.717) is 28.7 Å². The quantitative estimate of drug-likeness (QED) is 0.0772. The van der Waals surface area contributed by atoms with Crippen LogP contribution in [0.5, 0.6) is 5.75 Å². The molecule has 1 fully saturated rings. The summed E-state index contributed by atoms with van der Waals surface area (Å²) >= 11 is 3.64. The van der Waals surface area contributed by atoms with Crippen molar-refractivity contribution in [2.45, 2.75) is 24.9 Å². The second-order valence-electron chi connectivity index (χ2n) is 7.52. The molecule has 11 heteroatoms. The summed E-state index contributed by atoms with van der Waals surface area (Å²) in [7, 11) is 1.53. The molecule has 1 aromatic rings. The minimum absolute atomic E-state index is 0.127. The van der Waals surface area contributed by atoms with Gasteiger partial charge in [0.05, 0.1) is 18.9 Å². The highest BCUT2D eigenvalue weighted by atomic mass is 79.9. The highest BCUT2D eigenvalue weighted by Gasteiger charge is 2.56. The number of hydrogen-bond acceptors (Lipinski definition) is 8. The molecule has 1 aromatic carbocycles. The maximum atomic E-state index is 12.7. The smallest absolute Gasteiger partial charge is 0.359 e. The maximum Gasteiger partial charge on any atom is 0.359 e. The van der Waals surface area contributed by atoms with E-state index in [4.69, 9.17) is 9.47 Å².